The SMILES string of the molecule is CC(C)CN(C(=O)CSc1nnc2ccc(C(F)(F)F)cn12)C1CC1. The van der Waals surface area contributed by atoms with Crippen LogP contribution in [0.15, 0.2) is 23.5 Å². The van der Waals surface area contributed by atoms with Gasteiger partial charge < -0.3 is 4.90 Å². The Bertz CT molecular complexity index is 770. The second kappa shape index (κ2) is 6.86. The van der Waals surface area contributed by atoms with E-state index in [-0.39, 0.29) is 16.8 Å². The molecule has 1 saturated carbocycles. The van der Waals surface area contributed by atoms with Crippen molar-refractivity contribution >= 4 is 23.3 Å². The van der Waals surface area contributed by atoms with Crippen molar-refractivity contribution in [2.24, 2.45) is 5.92 Å². The van der Waals surface area contributed by atoms with Gasteiger partial charge in [-0.25, -0.2) is 0 Å². The van der Waals surface area contributed by atoms with Crippen molar-refractivity contribution in [1.82, 2.24) is 19.5 Å². The number of pyridine rings is 1. The van der Waals surface area contributed by atoms with Gasteiger partial charge in [0.1, 0.15) is 0 Å². The Morgan fingerprint density at radius 2 is 2.08 bits per heavy atom. The molecule has 0 saturated heterocycles. The standard InChI is InChI=1S/C16H19F3N4OS/c1-10(2)7-22(12-4-5-12)14(24)9-25-15-21-20-13-6-3-11(8-23(13)15)16(17,18)19/h3,6,8,10,12H,4-5,7,9H2,1-2H3. The first-order valence-corrected chi connectivity index (χ1v) is 9.08. The predicted octanol–water partition coefficient (Wildman–Crippen LogP) is 3.49. The highest BCUT2D eigenvalue weighted by molar-refractivity contribution is 7.99. The average Bonchev–Trinajstić information content (AvgIpc) is 3.29. The number of halogens is 3. The van der Waals surface area contributed by atoms with Crippen molar-refractivity contribution in [3.05, 3.63) is 23.9 Å². The van der Waals surface area contributed by atoms with Gasteiger partial charge in [-0.05, 0) is 30.9 Å². The van der Waals surface area contributed by atoms with Gasteiger partial charge in [0, 0.05) is 18.8 Å². The van der Waals surface area contributed by atoms with E-state index in [9.17, 15) is 18.0 Å². The zero-order chi connectivity index (χ0) is 18.2. The van der Waals surface area contributed by atoms with E-state index in [1.165, 1.54) is 10.5 Å². The zero-order valence-electron chi connectivity index (χ0n) is 14.0. The van der Waals surface area contributed by atoms with E-state index < -0.39 is 11.7 Å². The molecule has 1 fully saturated rings. The van der Waals surface area contributed by atoms with Gasteiger partial charge in [0.15, 0.2) is 10.8 Å². The van der Waals surface area contributed by atoms with Gasteiger partial charge in [-0.1, -0.05) is 25.6 Å². The van der Waals surface area contributed by atoms with Crippen molar-refractivity contribution in [2.75, 3.05) is 12.3 Å². The number of alkyl halides is 3. The van der Waals surface area contributed by atoms with Crippen LogP contribution < -0.4 is 0 Å². The molecule has 136 valence electrons. The Morgan fingerprint density at radius 1 is 1.36 bits per heavy atom. The molecule has 3 rings (SSSR count). The molecule has 2 aromatic heterocycles. The topological polar surface area (TPSA) is 50.5 Å². The highest BCUT2D eigenvalue weighted by Gasteiger charge is 2.33. The molecule has 1 amide bonds. The Balaban J connectivity index is 1.73. The molecular formula is C16H19F3N4OS. The van der Waals surface area contributed by atoms with E-state index in [1.54, 1.807) is 0 Å². The summed E-state index contributed by atoms with van der Waals surface area (Å²) < 4.78 is 39.9. The van der Waals surface area contributed by atoms with Crippen LogP contribution in [0, 0.1) is 5.92 Å². The quantitative estimate of drug-likeness (QED) is 0.729. The fourth-order valence-electron chi connectivity index (χ4n) is 2.58. The second-order valence-electron chi connectivity index (χ2n) is 6.59. The van der Waals surface area contributed by atoms with Gasteiger partial charge in [-0.15, -0.1) is 10.2 Å². The number of carbonyl (C=O) groups is 1. The van der Waals surface area contributed by atoms with Crippen LogP contribution in [0.2, 0.25) is 0 Å². The van der Waals surface area contributed by atoms with E-state index in [0.717, 1.165) is 36.9 Å². The minimum Gasteiger partial charge on any atom is -0.339 e. The summed E-state index contributed by atoms with van der Waals surface area (Å²) >= 11 is 1.12. The summed E-state index contributed by atoms with van der Waals surface area (Å²) in [5.74, 6) is 0.503. The predicted molar refractivity (Wildman–Crippen MR) is 88.3 cm³/mol. The van der Waals surface area contributed by atoms with Crippen LogP contribution in [-0.4, -0.2) is 43.7 Å². The summed E-state index contributed by atoms with van der Waals surface area (Å²) in [4.78, 5) is 14.4. The molecule has 25 heavy (non-hydrogen) atoms. The number of thioether (sulfide) groups is 1. The number of carbonyl (C=O) groups excluding carboxylic acids is 1. The number of hydrogen-bond acceptors (Lipinski definition) is 4. The van der Waals surface area contributed by atoms with Crippen molar-refractivity contribution in [2.45, 2.75) is 44.1 Å². The molecule has 0 aliphatic heterocycles. The minimum absolute atomic E-state index is 0.00933. The number of rotatable bonds is 6. The normalized spacial score (nSPS) is 15.1. The van der Waals surface area contributed by atoms with Gasteiger partial charge in [0.05, 0.1) is 11.3 Å². The molecular weight excluding hydrogens is 353 g/mol. The van der Waals surface area contributed by atoms with E-state index >= 15 is 0 Å². The summed E-state index contributed by atoms with van der Waals surface area (Å²) in [6.07, 6.45) is -1.43. The summed E-state index contributed by atoms with van der Waals surface area (Å²) in [7, 11) is 0. The second-order valence-corrected chi connectivity index (χ2v) is 7.53. The maximum absolute atomic E-state index is 12.9. The Kier molecular flexibility index (Phi) is 4.95. The molecule has 5 nitrogen and oxygen atoms in total. The number of nitrogens with zero attached hydrogens (tertiary/aromatic N) is 4. The van der Waals surface area contributed by atoms with Gasteiger partial charge in [-0.3, -0.25) is 9.20 Å². The molecule has 1 aliphatic carbocycles. The summed E-state index contributed by atoms with van der Waals surface area (Å²) in [5, 5.41) is 8.06. The van der Waals surface area contributed by atoms with Crippen LogP contribution in [-0.2, 0) is 11.0 Å². The van der Waals surface area contributed by atoms with Crippen molar-refractivity contribution in [1.29, 1.82) is 0 Å². The first-order chi connectivity index (χ1) is 11.8. The molecule has 0 unspecified atom stereocenters. The van der Waals surface area contributed by atoms with Crippen molar-refractivity contribution < 1.29 is 18.0 Å². The largest absolute Gasteiger partial charge is 0.417 e. The zero-order valence-corrected chi connectivity index (χ0v) is 14.8. The molecule has 0 spiro atoms. The molecule has 0 atom stereocenters. The van der Waals surface area contributed by atoms with Crippen LogP contribution in [0.4, 0.5) is 13.2 Å². The molecule has 0 aromatic carbocycles. The monoisotopic (exact) mass is 372 g/mol. The Hall–Kier alpha value is -1.77. The third kappa shape index (κ3) is 4.26. The lowest BCUT2D eigenvalue weighted by Crippen LogP contribution is -2.37. The van der Waals surface area contributed by atoms with Gasteiger partial charge in [0.2, 0.25) is 5.91 Å². The molecule has 1 aliphatic rings. The number of amides is 1. The first-order valence-electron chi connectivity index (χ1n) is 8.10. The van der Waals surface area contributed by atoms with E-state index in [4.69, 9.17) is 0 Å². The Labute approximate surface area is 147 Å². The number of hydrogen-bond donors (Lipinski definition) is 0. The lowest BCUT2D eigenvalue weighted by Gasteiger charge is -2.24. The summed E-state index contributed by atoms with van der Waals surface area (Å²) in [5.41, 5.74) is -0.448. The highest BCUT2D eigenvalue weighted by atomic mass is 32.2. The highest BCUT2D eigenvalue weighted by Crippen LogP contribution is 2.31. The maximum atomic E-state index is 12.9. The third-order valence-electron chi connectivity index (χ3n) is 3.89. The van der Waals surface area contributed by atoms with Crippen LogP contribution >= 0.6 is 11.8 Å². The van der Waals surface area contributed by atoms with Crippen LogP contribution in [0.3, 0.4) is 0 Å². The van der Waals surface area contributed by atoms with Gasteiger partial charge in [-0.2, -0.15) is 13.2 Å². The van der Waals surface area contributed by atoms with Gasteiger partial charge in [0.25, 0.3) is 0 Å². The van der Waals surface area contributed by atoms with E-state index in [0.29, 0.717) is 24.2 Å². The van der Waals surface area contributed by atoms with Crippen LogP contribution in [0.1, 0.15) is 32.3 Å². The molecule has 9 heteroatoms. The Morgan fingerprint density at radius 3 is 2.68 bits per heavy atom. The van der Waals surface area contributed by atoms with Gasteiger partial charge >= 0.3 is 6.18 Å². The molecule has 2 aromatic rings. The first kappa shape index (κ1) is 18.0. The number of aromatic nitrogens is 3. The van der Waals surface area contributed by atoms with E-state index in [2.05, 4.69) is 24.0 Å². The lowest BCUT2D eigenvalue weighted by molar-refractivity contribution is -0.138. The molecule has 2 heterocycles. The van der Waals surface area contributed by atoms with Crippen molar-refractivity contribution in [3.8, 4) is 0 Å². The smallest absolute Gasteiger partial charge is 0.339 e. The fourth-order valence-corrected chi connectivity index (χ4v) is 3.38. The van der Waals surface area contributed by atoms with Crippen LogP contribution in [0.25, 0.3) is 5.65 Å². The number of fused-ring (bicyclic) bond motifs is 1. The van der Waals surface area contributed by atoms with Crippen LogP contribution in [0.5, 0.6) is 0 Å². The summed E-state index contributed by atoms with van der Waals surface area (Å²) in [6, 6.07) is 2.56. The molecule has 0 N–H and O–H groups in total. The molecule has 0 radical (unpaired) electrons. The van der Waals surface area contributed by atoms with Crippen molar-refractivity contribution in [3.63, 3.8) is 0 Å². The summed E-state index contributed by atoms with van der Waals surface area (Å²) in [6.45, 7) is 4.81. The minimum atomic E-state index is -4.43. The lowest BCUT2D eigenvalue weighted by atomic mass is 10.2. The third-order valence-corrected chi connectivity index (χ3v) is 4.82. The average molecular weight is 372 g/mol. The maximum Gasteiger partial charge on any atom is 0.417 e. The molecule has 0 bridgehead atoms. The fraction of sp³-hybridized carbons (Fsp3) is 0.562. The van der Waals surface area contributed by atoms with E-state index in [1.807, 2.05) is 4.90 Å².